The molecule has 0 aromatic carbocycles. The minimum atomic E-state index is -1.14. The maximum absolute atomic E-state index is 12.2. The molecule has 128 valence electrons. The zero-order chi connectivity index (χ0) is 17.4. The number of nitrogens with zero attached hydrogens (tertiary/aromatic N) is 1. The van der Waals surface area contributed by atoms with Gasteiger partial charge in [0, 0.05) is 25.1 Å². The summed E-state index contributed by atoms with van der Waals surface area (Å²) < 4.78 is 10.8. The summed E-state index contributed by atoms with van der Waals surface area (Å²) >= 11 is 0. The van der Waals surface area contributed by atoms with Crippen LogP contribution in [0, 0.1) is 0 Å². The van der Waals surface area contributed by atoms with Crippen LogP contribution in [0.15, 0.2) is 11.1 Å². The molecule has 1 fully saturated rings. The summed E-state index contributed by atoms with van der Waals surface area (Å²) in [6, 6.07) is 0. The summed E-state index contributed by atoms with van der Waals surface area (Å²) in [5.41, 5.74) is -1.57. The van der Waals surface area contributed by atoms with Gasteiger partial charge >= 0.3 is 18.0 Å². The van der Waals surface area contributed by atoms with Gasteiger partial charge in [-0.05, 0) is 40.5 Å². The van der Waals surface area contributed by atoms with Gasteiger partial charge in [-0.2, -0.15) is 0 Å². The van der Waals surface area contributed by atoms with E-state index in [-0.39, 0.29) is 24.1 Å². The van der Waals surface area contributed by atoms with E-state index in [0.717, 1.165) is 0 Å². The molecule has 2 heterocycles. The van der Waals surface area contributed by atoms with Gasteiger partial charge in [0.25, 0.3) is 0 Å². The lowest BCUT2D eigenvalue weighted by Gasteiger charge is -2.29. The lowest BCUT2D eigenvalue weighted by molar-refractivity contribution is -0.149. The normalized spacial score (nSPS) is 25.4. The van der Waals surface area contributed by atoms with Crippen LogP contribution in [0.1, 0.15) is 47.0 Å². The predicted octanol–water partition coefficient (Wildman–Crippen LogP) is 2.10. The fourth-order valence-electron chi connectivity index (χ4n) is 3.07. The third-order valence-electron chi connectivity index (χ3n) is 4.08. The molecule has 0 bridgehead atoms. The van der Waals surface area contributed by atoms with Gasteiger partial charge in [0.2, 0.25) is 0 Å². The first-order valence-electron chi connectivity index (χ1n) is 7.72. The summed E-state index contributed by atoms with van der Waals surface area (Å²) in [6.45, 7) is 7.57. The SMILES string of the molecule is CC1=C(C(=O)O)C2(CCCN(C(=O)OC(C)(C)C)CC2)OC1=O. The van der Waals surface area contributed by atoms with Gasteiger partial charge in [0.1, 0.15) is 11.2 Å². The first-order valence-corrected chi connectivity index (χ1v) is 7.72. The minimum Gasteiger partial charge on any atom is -0.478 e. The Morgan fingerprint density at radius 3 is 2.48 bits per heavy atom. The summed E-state index contributed by atoms with van der Waals surface area (Å²) in [4.78, 5) is 37.1. The molecule has 7 heteroatoms. The van der Waals surface area contributed by atoms with Crippen molar-refractivity contribution in [3.05, 3.63) is 11.1 Å². The number of likely N-dealkylation sites (tertiary alicyclic amines) is 1. The topological polar surface area (TPSA) is 93.1 Å². The summed E-state index contributed by atoms with van der Waals surface area (Å²) in [5.74, 6) is -1.73. The van der Waals surface area contributed by atoms with Crippen molar-refractivity contribution in [2.45, 2.75) is 58.2 Å². The maximum Gasteiger partial charge on any atom is 0.410 e. The van der Waals surface area contributed by atoms with Gasteiger partial charge in [0.15, 0.2) is 0 Å². The van der Waals surface area contributed by atoms with Crippen molar-refractivity contribution in [2.24, 2.45) is 0 Å². The highest BCUT2D eigenvalue weighted by Gasteiger charge is 2.50. The average Bonchev–Trinajstić information content (AvgIpc) is 2.55. The van der Waals surface area contributed by atoms with E-state index < -0.39 is 29.2 Å². The number of hydrogen-bond donors (Lipinski definition) is 1. The zero-order valence-corrected chi connectivity index (χ0v) is 14.0. The first kappa shape index (κ1) is 17.3. The van der Waals surface area contributed by atoms with E-state index in [4.69, 9.17) is 9.47 Å². The van der Waals surface area contributed by atoms with Gasteiger partial charge in [-0.3, -0.25) is 0 Å². The molecular formula is C16H23NO6. The van der Waals surface area contributed by atoms with E-state index >= 15 is 0 Å². The molecule has 1 N–H and O–H groups in total. The number of carbonyl (C=O) groups excluding carboxylic acids is 2. The number of ether oxygens (including phenoxy) is 2. The standard InChI is InChI=1S/C16H23NO6/c1-10-11(12(18)19)16(22-13(10)20)6-5-8-17(9-7-16)14(21)23-15(2,3)4/h5-9H2,1-4H3,(H,18,19). The van der Waals surface area contributed by atoms with E-state index in [1.54, 1.807) is 25.7 Å². The molecule has 1 amide bonds. The Kier molecular flexibility index (Phi) is 4.41. The van der Waals surface area contributed by atoms with E-state index in [2.05, 4.69) is 0 Å². The molecule has 1 saturated heterocycles. The Balaban J connectivity index is 2.17. The van der Waals surface area contributed by atoms with Crippen molar-refractivity contribution in [3.63, 3.8) is 0 Å². The van der Waals surface area contributed by atoms with Gasteiger partial charge in [-0.15, -0.1) is 0 Å². The number of rotatable bonds is 1. The number of carbonyl (C=O) groups is 3. The van der Waals surface area contributed by atoms with E-state index in [0.29, 0.717) is 19.4 Å². The van der Waals surface area contributed by atoms with Gasteiger partial charge in [-0.1, -0.05) is 0 Å². The quantitative estimate of drug-likeness (QED) is 0.742. The highest BCUT2D eigenvalue weighted by atomic mass is 16.6. The minimum absolute atomic E-state index is 0.0218. The van der Waals surface area contributed by atoms with Crippen LogP contribution < -0.4 is 0 Å². The van der Waals surface area contributed by atoms with Crippen LogP contribution in [0.5, 0.6) is 0 Å². The Bertz CT molecular complexity index is 574. The molecular weight excluding hydrogens is 302 g/mol. The maximum atomic E-state index is 12.2. The first-order chi connectivity index (χ1) is 10.6. The molecule has 1 unspecified atom stereocenters. The van der Waals surface area contributed by atoms with E-state index in [1.165, 1.54) is 6.92 Å². The van der Waals surface area contributed by atoms with Gasteiger partial charge in [-0.25, -0.2) is 14.4 Å². The van der Waals surface area contributed by atoms with Gasteiger partial charge in [0.05, 0.1) is 5.57 Å². The molecule has 1 atom stereocenters. The summed E-state index contributed by atoms with van der Waals surface area (Å²) in [5, 5.41) is 9.44. The largest absolute Gasteiger partial charge is 0.478 e. The molecule has 2 rings (SSSR count). The van der Waals surface area contributed by atoms with E-state index in [1.807, 2.05) is 0 Å². The second-order valence-electron chi connectivity index (χ2n) is 7.01. The third-order valence-corrected chi connectivity index (χ3v) is 4.08. The van der Waals surface area contributed by atoms with Crippen LogP contribution in [0.2, 0.25) is 0 Å². The summed E-state index contributed by atoms with van der Waals surface area (Å²) in [6.07, 6.45) is 0.751. The van der Waals surface area contributed by atoms with Crippen molar-refractivity contribution in [2.75, 3.05) is 13.1 Å². The fourth-order valence-corrected chi connectivity index (χ4v) is 3.07. The van der Waals surface area contributed by atoms with Gasteiger partial charge < -0.3 is 19.5 Å². The van der Waals surface area contributed by atoms with Crippen molar-refractivity contribution in [1.82, 2.24) is 4.90 Å². The average molecular weight is 325 g/mol. The molecule has 0 aromatic heterocycles. The van der Waals surface area contributed by atoms with E-state index in [9.17, 15) is 19.5 Å². The molecule has 2 aliphatic heterocycles. The number of carboxylic acid groups (broad SMARTS) is 1. The summed E-state index contributed by atoms with van der Waals surface area (Å²) in [7, 11) is 0. The number of hydrogen-bond acceptors (Lipinski definition) is 5. The lowest BCUT2D eigenvalue weighted by atomic mass is 9.85. The second-order valence-corrected chi connectivity index (χ2v) is 7.01. The van der Waals surface area contributed by atoms with Crippen LogP contribution in [-0.2, 0) is 19.1 Å². The van der Waals surface area contributed by atoms with Crippen LogP contribution in [0.3, 0.4) is 0 Å². The molecule has 0 saturated carbocycles. The zero-order valence-electron chi connectivity index (χ0n) is 14.0. The molecule has 0 aromatic rings. The molecule has 0 radical (unpaired) electrons. The van der Waals surface area contributed by atoms with Crippen LogP contribution in [0.4, 0.5) is 4.79 Å². The number of amides is 1. The highest BCUT2D eigenvalue weighted by Crippen LogP contribution is 2.41. The molecule has 2 aliphatic rings. The molecule has 0 aliphatic carbocycles. The lowest BCUT2D eigenvalue weighted by Crippen LogP contribution is -2.39. The molecule has 1 spiro atoms. The monoisotopic (exact) mass is 325 g/mol. The fraction of sp³-hybridized carbons (Fsp3) is 0.688. The van der Waals surface area contributed by atoms with Crippen molar-refractivity contribution >= 4 is 18.0 Å². The van der Waals surface area contributed by atoms with Crippen molar-refractivity contribution < 1.29 is 29.0 Å². The third kappa shape index (κ3) is 3.48. The second kappa shape index (κ2) is 5.86. The Labute approximate surface area is 135 Å². The van der Waals surface area contributed by atoms with Crippen LogP contribution >= 0.6 is 0 Å². The Hall–Kier alpha value is -2.05. The van der Waals surface area contributed by atoms with Crippen LogP contribution in [0.25, 0.3) is 0 Å². The predicted molar refractivity (Wildman–Crippen MR) is 80.8 cm³/mol. The Morgan fingerprint density at radius 2 is 1.91 bits per heavy atom. The van der Waals surface area contributed by atoms with Crippen LogP contribution in [-0.4, -0.2) is 52.3 Å². The molecule has 7 nitrogen and oxygen atoms in total. The number of aliphatic carboxylic acids is 1. The highest BCUT2D eigenvalue weighted by molar-refractivity contribution is 6.04. The number of esters is 1. The number of carboxylic acids is 1. The smallest absolute Gasteiger partial charge is 0.410 e. The Morgan fingerprint density at radius 1 is 1.26 bits per heavy atom. The molecule has 23 heavy (non-hydrogen) atoms. The van der Waals surface area contributed by atoms with Crippen molar-refractivity contribution in [3.8, 4) is 0 Å². The van der Waals surface area contributed by atoms with Crippen molar-refractivity contribution in [1.29, 1.82) is 0 Å².